The molecule has 1 fully saturated rings. The minimum Gasteiger partial charge on any atom is -0.350 e. The fraction of sp³-hybridized carbons (Fsp3) is 0.353. The van der Waals surface area contributed by atoms with Crippen LogP contribution in [0, 0.1) is 13.8 Å². The molecule has 1 aromatic heterocycles. The van der Waals surface area contributed by atoms with Crippen LogP contribution in [0.15, 0.2) is 36.4 Å². The molecule has 104 valence electrons. The third kappa shape index (κ3) is 2.50. The molecule has 1 aliphatic rings. The van der Waals surface area contributed by atoms with Crippen LogP contribution in [0.1, 0.15) is 38.5 Å². The lowest BCUT2D eigenvalue weighted by Crippen LogP contribution is -2.31. The number of amides is 1. The van der Waals surface area contributed by atoms with E-state index in [9.17, 15) is 4.79 Å². The molecule has 2 aromatic rings. The molecule has 0 bridgehead atoms. The SMILES string of the molecule is Cc1cc(C(=O)NCC2(c3ccccc3)CC2)sc1C. The molecule has 1 saturated carbocycles. The summed E-state index contributed by atoms with van der Waals surface area (Å²) in [7, 11) is 0. The third-order valence-corrected chi connectivity index (χ3v) is 5.37. The van der Waals surface area contributed by atoms with Crippen molar-refractivity contribution in [1.82, 2.24) is 5.32 Å². The van der Waals surface area contributed by atoms with Crippen molar-refractivity contribution in [3.05, 3.63) is 57.3 Å². The zero-order valence-electron chi connectivity index (χ0n) is 11.9. The van der Waals surface area contributed by atoms with E-state index < -0.39 is 0 Å². The quantitative estimate of drug-likeness (QED) is 0.909. The Labute approximate surface area is 123 Å². The topological polar surface area (TPSA) is 29.1 Å². The number of thiophene rings is 1. The molecule has 1 aliphatic carbocycles. The van der Waals surface area contributed by atoms with Gasteiger partial charge < -0.3 is 5.32 Å². The molecule has 20 heavy (non-hydrogen) atoms. The van der Waals surface area contributed by atoms with Gasteiger partial charge in [-0.25, -0.2) is 0 Å². The number of carbonyl (C=O) groups excluding carboxylic acids is 1. The van der Waals surface area contributed by atoms with Gasteiger partial charge in [0, 0.05) is 16.8 Å². The summed E-state index contributed by atoms with van der Waals surface area (Å²) in [4.78, 5) is 14.3. The van der Waals surface area contributed by atoms with E-state index in [1.165, 1.54) is 28.8 Å². The summed E-state index contributed by atoms with van der Waals surface area (Å²) in [6.45, 7) is 4.85. The van der Waals surface area contributed by atoms with Gasteiger partial charge in [0.2, 0.25) is 0 Å². The van der Waals surface area contributed by atoms with Crippen LogP contribution in [0.3, 0.4) is 0 Å². The van der Waals surface area contributed by atoms with Gasteiger partial charge in [-0.05, 0) is 43.9 Å². The first kappa shape index (κ1) is 13.4. The predicted octanol–water partition coefficient (Wildman–Crippen LogP) is 3.83. The summed E-state index contributed by atoms with van der Waals surface area (Å²) in [5.41, 5.74) is 2.72. The Kier molecular flexibility index (Phi) is 3.38. The lowest BCUT2D eigenvalue weighted by Gasteiger charge is -2.16. The van der Waals surface area contributed by atoms with E-state index in [0.29, 0.717) is 0 Å². The Morgan fingerprint density at radius 3 is 2.50 bits per heavy atom. The molecule has 1 heterocycles. The molecule has 0 spiro atoms. The minimum absolute atomic E-state index is 0.0633. The highest BCUT2D eigenvalue weighted by atomic mass is 32.1. The molecule has 1 amide bonds. The number of rotatable bonds is 4. The van der Waals surface area contributed by atoms with Crippen molar-refractivity contribution in [3.8, 4) is 0 Å². The first-order chi connectivity index (χ1) is 9.61. The van der Waals surface area contributed by atoms with E-state index in [0.717, 1.165) is 11.4 Å². The Bertz CT molecular complexity index is 606. The van der Waals surface area contributed by atoms with Gasteiger partial charge in [0.05, 0.1) is 4.88 Å². The number of benzene rings is 1. The molecule has 1 N–H and O–H groups in total. The van der Waals surface area contributed by atoms with E-state index in [2.05, 4.69) is 43.4 Å². The van der Waals surface area contributed by atoms with Gasteiger partial charge in [-0.15, -0.1) is 11.3 Å². The number of hydrogen-bond donors (Lipinski definition) is 1. The Morgan fingerprint density at radius 2 is 1.95 bits per heavy atom. The van der Waals surface area contributed by atoms with Gasteiger partial charge in [-0.1, -0.05) is 30.3 Å². The highest BCUT2D eigenvalue weighted by Crippen LogP contribution is 2.47. The first-order valence-corrected chi connectivity index (χ1v) is 7.83. The maximum Gasteiger partial charge on any atom is 0.261 e. The van der Waals surface area contributed by atoms with Gasteiger partial charge in [0.25, 0.3) is 5.91 Å². The molecule has 0 radical (unpaired) electrons. The van der Waals surface area contributed by atoms with Crippen LogP contribution >= 0.6 is 11.3 Å². The van der Waals surface area contributed by atoms with Gasteiger partial charge in [-0.2, -0.15) is 0 Å². The van der Waals surface area contributed by atoms with E-state index in [-0.39, 0.29) is 11.3 Å². The average Bonchev–Trinajstić information content (AvgIpc) is 3.19. The Balaban J connectivity index is 1.67. The standard InChI is InChI=1S/C17H19NOS/c1-12-10-15(20-13(12)2)16(19)18-11-17(8-9-17)14-6-4-3-5-7-14/h3-7,10H,8-9,11H2,1-2H3,(H,18,19). The van der Waals surface area contributed by atoms with Crippen LogP contribution in [0.25, 0.3) is 0 Å². The molecule has 0 unspecified atom stereocenters. The Hall–Kier alpha value is -1.61. The first-order valence-electron chi connectivity index (χ1n) is 7.01. The zero-order chi connectivity index (χ0) is 14.2. The second-order valence-corrected chi connectivity index (χ2v) is 6.94. The van der Waals surface area contributed by atoms with Crippen molar-refractivity contribution in [3.63, 3.8) is 0 Å². The fourth-order valence-electron chi connectivity index (χ4n) is 2.53. The Morgan fingerprint density at radius 1 is 1.25 bits per heavy atom. The molecule has 0 aliphatic heterocycles. The molecule has 0 atom stereocenters. The van der Waals surface area contributed by atoms with Crippen LogP contribution in [0.4, 0.5) is 0 Å². The van der Waals surface area contributed by atoms with E-state index in [4.69, 9.17) is 0 Å². The summed E-state index contributed by atoms with van der Waals surface area (Å²) >= 11 is 1.58. The molecule has 2 nitrogen and oxygen atoms in total. The highest BCUT2D eigenvalue weighted by Gasteiger charge is 2.44. The maximum atomic E-state index is 12.2. The van der Waals surface area contributed by atoms with E-state index in [1.54, 1.807) is 11.3 Å². The molecule has 3 heteroatoms. The summed E-state index contributed by atoms with van der Waals surface area (Å²) in [6.07, 6.45) is 2.33. The number of carbonyl (C=O) groups is 1. The van der Waals surface area contributed by atoms with Crippen molar-refractivity contribution >= 4 is 17.2 Å². The van der Waals surface area contributed by atoms with E-state index in [1.807, 2.05) is 12.1 Å². The summed E-state index contributed by atoms with van der Waals surface area (Å²) in [6, 6.07) is 12.5. The summed E-state index contributed by atoms with van der Waals surface area (Å²) < 4.78 is 0. The number of hydrogen-bond acceptors (Lipinski definition) is 2. The minimum atomic E-state index is 0.0633. The lowest BCUT2D eigenvalue weighted by molar-refractivity contribution is 0.0953. The molecule has 3 rings (SSSR count). The molecule has 1 aromatic carbocycles. The van der Waals surface area contributed by atoms with Crippen LogP contribution in [-0.4, -0.2) is 12.5 Å². The molecular formula is C17H19NOS. The average molecular weight is 285 g/mol. The second-order valence-electron chi connectivity index (χ2n) is 5.68. The van der Waals surface area contributed by atoms with Crippen molar-refractivity contribution in [2.75, 3.05) is 6.54 Å². The lowest BCUT2D eigenvalue weighted by atomic mass is 9.96. The van der Waals surface area contributed by atoms with Crippen molar-refractivity contribution in [1.29, 1.82) is 0 Å². The number of aryl methyl sites for hydroxylation is 2. The zero-order valence-corrected chi connectivity index (χ0v) is 12.7. The van der Waals surface area contributed by atoms with Crippen molar-refractivity contribution < 1.29 is 4.79 Å². The number of nitrogens with one attached hydrogen (secondary N) is 1. The normalized spacial score (nSPS) is 15.9. The fourth-order valence-corrected chi connectivity index (χ4v) is 3.48. The smallest absolute Gasteiger partial charge is 0.261 e. The monoisotopic (exact) mass is 285 g/mol. The van der Waals surface area contributed by atoms with Crippen molar-refractivity contribution in [2.45, 2.75) is 32.1 Å². The second kappa shape index (κ2) is 5.06. The van der Waals surface area contributed by atoms with E-state index >= 15 is 0 Å². The van der Waals surface area contributed by atoms with Crippen LogP contribution < -0.4 is 5.32 Å². The van der Waals surface area contributed by atoms with Gasteiger partial charge in [0.1, 0.15) is 0 Å². The summed E-state index contributed by atoms with van der Waals surface area (Å²) in [5.74, 6) is 0.0633. The maximum absolute atomic E-state index is 12.2. The largest absolute Gasteiger partial charge is 0.350 e. The summed E-state index contributed by atoms with van der Waals surface area (Å²) in [5, 5.41) is 3.11. The van der Waals surface area contributed by atoms with Crippen LogP contribution in [0.5, 0.6) is 0 Å². The predicted molar refractivity (Wildman–Crippen MR) is 83.5 cm³/mol. The van der Waals surface area contributed by atoms with Crippen LogP contribution in [0.2, 0.25) is 0 Å². The highest BCUT2D eigenvalue weighted by molar-refractivity contribution is 7.14. The third-order valence-electron chi connectivity index (χ3n) is 4.22. The molecule has 0 saturated heterocycles. The molecular weight excluding hydrogens is 266 g/mol. The van der Waals surface area contributed by atoms with Gasteiger partial charge in [0.15, 0.2) is 0 Å². The van der Waals surface area contributed by atoms with Crippen LogP contribution in [-0.2, 0) is 5.41 Å². The van der Waals surface area contributed by atoms with Gasteiger partial charge >= 0.3 is 0 Å². The van der Waals surface area contributed by atoms with Crippen molar-refractivity contribution in [2.24, 2.45) is 0 Å². The van der Waals surface area contributed by atoms with Gasteiger partial charge in [-0.3, -0.25) is 4.79 Å².